The standard InChI is InChI=1S/C29H37P/c1-18-14-20(3)26(21(4)15-18)24-12-11-13-25(28(24)30(10)29(7,8)9)27-22(5)16-19(2)17-23(27)6/h11-17H,1-10H3. The van der Waals surface area contributed by atoms with Gasteiger partial charge >= 0.3 is 0 Å². The van der Waals surface area contributed by atoms with Gasteiger partial charge < -0.3 is 0 Å². The van der Waals surface area contributed by atoms with Gasteiger partial charge in [0.2, 0.25) is 0 Å². The molecule has 0 aliphatic rings. The van der Waals surface area contributed by atoms with Gasteiger partial charge in [-0.15, -0.1) is 0 Å². The summed E-state index contributed by atoms with van der Waals surface area (Å²) in [6.45, 7) is 23.1. The van der Waals surface area contributed by atoms with Crippen LogP contribution in [0, 0.1) is 41.5 Å². The van der Waals surface area contributed by atoms with Crippen molar-refractivity contribution in [3.63, 3.8) is 0 Å². The molecule has 30 heavy (non-hydrogen) atoms. The number of aryl methyl sites for hydroxylation is 6. The maximum absolute atomic E-state index is 2.47. The molecule has 0 spiro atoms. The molecule has 3 rings (SSSR count). The molecular weight excluding hydrogens is 379 g/mol. The summed E-state index contributed by atoms with van der Waals surface area (Å²) in [6, 6.07) is 16.3. The molecule has 0 radical (unpaired) electrons. The molecule has 0 bridgehead atoms. The van der Waals surface area contributed by atoms with Crippen LogP contribution in [-0.4, -0.2) is 11.8 Å². The molecule has 0 amide bonds. The predicted molar refractivity (Wildman–Crippen MR) is 138 cm³/mol. The zero-order chi connectivity index (χ0) is 22.4. The number of hydrogen-bond acceptors (Lipinski definition) is 0. The Morgan fingerprint density at radius 1 is 0.600 bits per heavy atom. The van der Waals surface area contributed by atoms with E-state index in [-0.39, 0.29) is 13.1 Å². The van der Waals surface area contributed by atoms with Gasteiger partial charge in [0.25, 0.3) is 0 Å². The summed E-state index contributed by atoms with van der Waals surface area (Å²) in [5.41, 5.74) is 13.9. The van der Waals surface area contributed by atoms with Gasteiger partial charge in [-0.3, -0.25) is 0 Å². The Kier molecular flexibility index (Phi) is 6.31. The fourth-order valence-electron chi connectivity index (χ4n) is 4.85. The molecule has 3 aromatic rings. The zero-order valence-corrected chi connectivity index (χ0v) is 21.4. The first-order chi connectivity index (χ1) is 13.9. The van der Waals surface area contributed by atoms with Crippen molar-refractivity contribution < 1.29 is 0 Å². The van der Waals surface area contributed by atoms with E-state index in [1.807, 2.05) is 0 Å². The molecule has 1 heteroatoms. The molecule has 158 valence electrons. The van der Waals surface area contributed by atoms with Gasteiger partial charge in [-0.2, -0.15) is 0 Å². The van der Waals surface area contributed by atoms with Gasteiger partial charge in [0.1, 0.15) is 0 Å². The van der Waals surface area contributed by atoms with E-state index in [9.17, 15) is 0 Å². The van der Waals surface area contributed by atoms with Crippen molar-refractivity contribution in [2.75, 3.05) is 6.66 Å². The van der Waals surface area contributed by atoms with E-state index in [2.05, 4.69) is 111 Å². The third-order valence-electron chi connectivity index (χ3n) is 6.27. The lowest BCUT2D eigenvalue weighted by molar-refractivity contribution is 0.791. The first kappa shape index (κ1) is 22.8. The molecule has 0 saturated carbocycles. The first-order valence-corrected chi connectivity index (χ1v) is 12.7. The van der Waals surface area contributed by atoms with Crippen LogP contribution in [-0.2, 0) is 0 Å². The Balaban J connectivity index is 2.44. The smallest absolute Gasteiger partial charge is 0.00813 e. The third-order valence-corrected chi connectivity index (χ3v) is 9.44. The fraction of sp³-hybridized carbons (Fsp3) is 0.379. The van der Waals surface area contributed by atoms with Crippen LogP contribution in [0.4, 0.5) is 0 Å². The Bertz CT molecular complexity index is 974. The number of benzene rings is 3. The van der Waals surface area contributed by atoms with Crippen molar-refractivity contribution >= 4 is 13.2 Å². The van der Waals surface area contributed by atoms with Crippen LogP contribution >= 0.6 is 7.92 Å². The summed E-state index contributed by atoms with van der Waals surface area (Å²) in [5, 5.41) is 1.78. The lowest BCUT2D eigenvalue weighted by Gasteiger charge is -2.33. The monoisotopic (exact) mass is 416 g/mol. The maximum Gasteiger partial charge on any atom is -0.00813 e. The van der Waals surface area contributed by atoms with E-state index in [4.69, 9.17) is 0 Å². The molecule has 0 aliphatic heterocycles. The van der Waals surface area contributed by atoms with Gasteiger partial charge in [-0.1, -0.05) is 82.3 Å². The van der Waals surface area contributed by atoms with Crippen LogP contribution in [0.2, 0.25) is 0 Å². The molecule has 1 atom stereocenters. The molecule has 0 aliphatic carbocycles. The van der Waals surface area contributed by atoms with E-state index in [1.165, 1.54) is 55.6 Å². The van der Waals surface area contributed by atoms with Crippen LogP contribution in [0.5, 0.6) is 0 Å². The van der Waals surface area contributed by atoms with Gasteiger partial charge in [0, 0.05) is 0 Å². The molecule has 0 saturated heterocycles. The maximum atomic E-state index is 2.47. The van der Waals surface area contributed by atoms with Gasteiger partial charge in [0.05, 0.1) is 0 Å². The van der Waals surface area contributed by atoms with E-state index in [0.29, 0.717) is 0 Å². The average Bonchev–Trinajstić information content (AvgIpc) is 2.59. The Morgan fingerprint density at radius 2 is 0.933 bits per heavy atom. The molecule has 1 unspecified atom stereocenters. The quantitative estimate of drug-likeness (QED) is 0.376. The minimum absolute atomic E-state index is 0.235. The topological polar surface area (TPSA) is 0 Å². The van der Waals surface area contributed by atoms with Crippen LogP contribution < -0.4 is 5.30 Å². The van der Waals surface area contributed by atoms with E-state index in [1.54, 1.807) is 5.30 Å². The van der Waals surface area contributed by atoms with Gasteiger partial charge in [-0.05, 0) is 103 Å². The second-order valence-corrected chi connectivity index (χ2v) is 12.9. The second-order valence-electron chi connectivity index (χ2n) is 9.98. The number of rotatable bonds is 3. The van der Waals surface area contributed by atoms with Crippen molar-refractivity contribution in [2.24, 2.45) is 0 Å². The predicted octanol–water partition coefficient (Wildman–Crippen LogP) is 8.41. The average molecular weight is 417 g/mol. The van der Waals surface area contributed by atoms with Crippen molar-refractivity contribution in [3.05, 3.63) is 75.8 Å². The largest absolute Gasteiger partial charge is 0.0716 e. The van der Waals surface area contributed by atoms with Crippen LogP contribution in [0.3, 0.4) is 0 Å². The molecular formula is C29H37P. The molecule has 0 N–H and O–H groups in total. The van der Waals surface area contributed by atoms with Gasteiger partial charge in [-0.25, -0.2) is 0 Å². The normalized spacial score (nSPS) is 12.9. The van der Waals surface area contributed by atoms with Crippen molar-refractivity contribution in [1.29, 1.82) is 0 Å². The summed E-state index contributed by atoms with van der Waals surface area (Å²) in [5.74, 6) is 0. The van der Waals surface area contributed by atoms with E-state index >= 15 is 0 Å². The lowest BCUT2D eigenvalue weighted by Crippen LogP contribution is -2.22. The minimum atomic E-state index is -0.370. The lowest BCUT2D eigenvalue weighted by atomic mass is 9.89. The van der Waals surface area contributed by atoms with E-state index < -0.39 is 0 Å². The highest BCUT2D eigenvalue weighted by molar-refractivity contribution is 7.67. The Morgan fingerprint density at radius 3 is 1.23 bits per heavy atom. The summed E-state index contributed by atoms with van der Waals surface area (Å²) < 4.78 is 0. The van der Waals surface area contributed by atoms with Crippen molar-refractivity contribution in [2.45, 2.75) is 67.5 Å². The molecule has 0 heterocycles. The molecule has 0 nitrogen and oxygen atoms in total. The highest BCUT2D eigenvalue weighted by atomic mass is 31.1. The minimum Gasteiger partial charge on any atom is -0.0716 e. The van der Waals surface area contributed by atoms with Crippen molar-refractivity contribution in [3.8, 4) is 22.3 Å². The third kappa shape index (κ3) is 4.26. The van der Waals surface area contributed by atoms with Crippen LogP contribution in [0.15, 0.2) is 42.5 Å². The summed E-state index contributed by atoms with van der Waals surface area (Å²) in [4.78, 5) is 0. The molecule has 3 aromatic carbocycles. The summed E-state index contributed by atoms with van der Waals surface area (Å²) >= 11 is 0. The number of hydrogen-bond donors (Lipinski definition) is 0. The van der Waals surface area contributed by atoms with Crippen LogP contribution in [0.1, 0.15) is 54.2 Å². The van der Waals surface area contributed by atoms with Gasteiger partial charge in [0.15, 0.2) is 0 Å². The van der Waals surface area contributed by atoms with Crippen LogP contribution in [0.25, 0.3) is 22.3 Å². The highest BCUT2D eigenvalue weighted by Crippen LogP contribution is 2.50. The zero-order valence-electron chi connectivity index (χ0n) is 20.5. The summed E-state index contributed by atoms with van der Waals surface area (Å²) in [7, 11) is -0.370. The molecule has 0 aromatic heterocycles. The SMILES string of the molecule is Cc1cc(C)c(-c2cccc(-c3c(C)cc(C)cc3C)c2P(C)C(C)(C)C)c(C)c1. The molecule has 0 fully saturated rings. The summed E-state index contributed by atoms with van der Waals surface area (Å²) in [6.07, 6.45) is 0. The Hall–Kier alpha value is -1.91. The van der Waals surface area contributed by atoms with E-state index in [0.717, 1.165) is 0 Å². The van der Waals surface area contributed by atoms with Crippen molar-refractivity contribution in [1.82, 2.24) is 0 Å². The first-order valence-electron chi connectivity index (χ1n) is 10.9. The Labute approximate surface area is 185 Å². The highest BCUT2D eigenvalue weighted by Gasteiger charge is 2.28. The second kappa shape index (κ2) is 8.32. The fourth-order valence-corrected chi connectivity index (χ4v) is 6.62.